The van der Waals surface area contributed by atoms with E-state index in [2.05, 4.69) is 26.0 Å². The van der Waals surface area contributed by atoms with Crippen LogP contribution in [0.3, 0.4) is 0 Å². The molecule has 0 amide bonds. The van der Waals surface area contributed by atoms with Crippen molar-refractivity contribution in [1.29, 1.82) is 0 Å². The second kappa shape index (κ2) is 10.5. The molecular weight excluding hydrogens is 575 g/mol. The highest BCUT2D eigenvalue weighted by Gasteiger charge is 2.31. The molecule has 3 aromatic carbocycles. The summed E-state index contributed by atoms with van der Waals surface area (Å²) in [6.07, 6.45) is -3.40. The maximum Gasteiger partial charge on any atom is 0.416 e. The van der Waals surface area contributed by atoms with E-state index in [4.69, 9.17) is 21.1 Å². The van der Waals surface area contributed by atoms with Crippen LogP contribution in [0.15, 0.2) is 69.0 Å². The van der Waals surface area contributed by atoms with Crippen molar-refractivity contribution in [3.63, 3.8) is 0 Å². The molecule has 37 heavy (non-hydrogen) atoms. The molecule has 192 valence electrons. The minimum absolute atomic E-state index is 0.0556. The van der Waals surface area contributed by atoms with Crippen LogP contribution in [0.25, 0.3) is 22.3 Å². The third-order valence-corrected chi connectivity index (χ3v) is 6.69. The average Bonchev–Trinajstić information content (AvgIpc) is 2.86. The molecule has 0 atom stereocenters. The van der Waals surface area contributed by atoms with Crippen molar-refractivity contribution in [2.45, 2.75) is 26.1 Å². The summed E-state index contributed by atoms with van der Waals surface area (Å²) in [7, 11) is 1.46. The van der Waals surface area contributed by atoms with E-state index in [1.54, 1.807) is 30.3 Å². The number of ether oxygens (including phenoxy) is 2. The number of hydrogen-bond donors (Lipinski definition) is 0. The third kappa shape index (κ3) is 5.50. The molecule has 6 nitrogen and oxygen atoms in total. The van der Waals surface area contributed by atoms with Crippen LogP contribution in [0, 0.1) is 0 Å². The summed E-state index contributed by atoms with van der Waals surface area (Å²) in [5.74, 6) is 0.614. The van der Waals surface area contributed by atoms with Gasteiger partial charge in [-0.05, 0) is 60.1 Å². The van der Waals surface area contributed by atoms with Crippen molar-refractivity contribution in [2.75, 3.05) is 7.11 Å². The Kier molecular flexibility index (Phi) is 7.61. The first-order valence-corrected chi connectivity index (χ1v) is 12.1. The minimum Gasteiger partial charge on any atom is -0.493 e. The van der Waals surface area contributed by atoms with Crippen LogP contribution in [0.5, 0.6) is 11.5 Å². The Bertz CT molecular complexity index is 1570. The first-order chi connectivity index (χ1) is 17.5. The van der Waals surface area contributed by atoms with Crippen molar-refractivity contribution >= 4 is 44.6 Å². The van der Waals surface area contributed by atoms with Gasteiger partial charge < -0.3 is 9.47 Å². The van der Waals surface area contributed by atoms with E-state index in [1.807, 2.05) is 13.8 Å². The Morgan fingerprint density at radius 3 is 2.54 bits per heavy atom. The molecule has 0 aliphatic carbocycles. The van der Waals surface area contributed by atoms with Gasteiger partial charge in [0.1, 0.15) is 5.02 Å². The van der Waals surface area contributed by atoms with Crippen LogP contribution in [0.1, 0.15) is 25.0 Å². The van der Waals surface area contributed by atoms with Crippen LogP contribution in [0.4, 0.5) is 13.2 Å². The number of rotatable bonds is 6. The van der Waals surface area contributed by atoms with E-state index in [0.717, 1.165) is 16.8 Å². The lowest BCUT2D eigenvalue weighted by molar-refractivity contribution is -0.137. The summed E-state index contributed by atoms with van der Waals surface area (Å²) in [5, 5.41) is 4.80. The SMILES string of the molecule is COc1cc(C=Nn2c(-c3cccc(C(F)(F)F)c3)nc3ccccc3c2=O)c(Br)c(Cl)c1OC(C)C. The van der Waals surface area contributed by atoms with Gasteiger partial charge in [0, 0.05) is 15.6 Å². The number of para-hydroxylation sites is 1. The zero-order chi connectivity index (χ0) is 26.9. The number of aromatic nitrogens is 2. The Balaban J connectivity index is 1.92. The molecule has 0 bridgehead atoms. The number of nitrogens with zero attached hydrogens (tertiary/aromatic N) is 3. The molecule has 0 radical (unpaired) electrons. The Morgan fingerprint density at radius 1 is 1.14 bits per heavy atom. The standard InChI is InChI=1S/C26H20BrClF3N3O3/c1-14(2)37-23-20(36-3)12-16(21(27)22(23)28)13-32-34-24(15-7-6-8-17(11-15)26(29,30)31)33-19-10-5-4-9-18(19)25(34)35/h4-14H,1-3H3. The van der Waals surface area contributed by atoms with E-state index in [9.17, 15) is 18.0 Å². The minimum atomic E-state index is -4.57. The van der Waals surface area contributed by atoms with Crippen LogP contribution >= 0.6 is 27.5 Å². The fourth-order valence-corrected chi connectivity index (χ4v) is 4.21. The van der Waals surface area contributed by atoms with Crippen LogP contribution < -0.4 is 15.0 Å². The Labute approximate surface area is 223 Å². The van der Waals surface area contributed by atoms with Crippen molar-refractivity contribution in [3.05, 3.63) is 85.6 Å². The average molecular weight is 595 g/mol. The number of methoxy groups -OCH3 is 1. The zero-order valence-corrected chi connectivity index (χ0v) is 22.1. The fraction of sp³-hybridized carbons (Fsp3) is 0.192. The lowest BCUT2D eigenvalue weighted by atomic mass is 10.1. The molecule has 0 fully saturated rings. The molecule has 1 heterocycles. The number of halogens is 5. The van der Waals surface area contributed by atoms with Gasteiger partial charge in [-0.15, -0.1) is 0 Å². The molecule has 11 heteroatoms. The number of alkyl halides is 3. The van der Waals surface area contributed by atoms with Gasteiger partial charge in [-0.3, -0.25) is 4.79 Å². The predicted octanol–water partition coefficient (Wildman–Crippen LogP) is 7.18. The summed E-state index contributed by atoms with van der Waals surface area (Å²) >= 11 is 9.93. The summed E-state index contributed by atoms with van der Waals surface area (Å²) < 4.78 is 52.7. The van der Waals surface area contributed by atoms with Crippen molar-refractivity contribution in [1.82, 2.24) is 9.66 Å². The van der Waals surface area contributed by atoms with Crippen LogP contribution in [0.2, 0.25) is 5.02 Å². The highest BCUT2D eigenvalue weighted by molar-refractivity contribution is 9.10. The molecule has 0 aliphatic heterocycles. The van der Waals surface area contributed by atoms with Gasteiger partial charge in [0.05, 0.1) is 35.9 Å². The number of fused-ring (bicyclic) bond motifs is 1. The van der Waals surface area contributed by atoms with Gasteiger partial charge in [0.25, 0.3) is 5.56 Å². The first kappa shape index (κ1) is 26.7. The molecule has 4 rings (SSSR count). The normalized spacial score (nSPS) is 12.0. The zero-order valence-electron chi connectivity index (χ0n) is 19.8. The van der Waals surface area contributed by atoms with Gasteiger partial charge in [-0.1, -0.05) is 35.9 Å². The lowest BCUT2D eigenvalue weighted by Crippen LogP contribution is -2.20. The number of benzene rings is 3. The van der Waals surface area contributed by atoms with Crippen molar-refractivity contribution in [3.8, 4) is 22.9 Å². The summed E-state index contributed by atoms with van der Waals surface area (Å²) in [6, 6.07) is 12.7. The third-order valence-electron chi connectivity index (χ3n) is 5.24. The fourth-order valence-electron chi connectivity index (χ4n) is 3.57. The molecule has 0 N–H and O–H groups in total. The molecule has 0 unspecified atom stereocenters. The van der Waals surface area contributed by atoms with Crippen molar-refractivity contribution in [2.24, 2.45) is 5.10 Å². The van der Waals surface area contributed by atoms with E-state index in [-0.39, 0.29) is 27.9 Å². The molecule has 4 aromatic rings. The first-order valence-electron chi connectivity index (χ1n) is 11.0. The molecule has 0 spiro atoms. The quantitative estimate of drug-likeness (QED) is 0.222. The lowest BCUT2D eigenvalue weighted by Gasteiger charge is -2.17. The van der Waals surface area contributed by atoms with Gasteiger partial charge >= 0.3 is 6.18 Å². The highest BCUT2D eigenvalue weighted by atomic mass is 79.9. The van der Waals surface area contributed by atoms with Gasteiger partial charge in [0.2, 0.25) is 0 Å². The van der Waals surface area contributed by atoms with Crippen molar-refractivity contribution < 1.29 is 22.6 Å². The maximum absolute atomic E-state index is 13.4. The monoisotopic (exact) mass is 593 g/mol. The topological polar surface area (TPSA) is 65.7 Å². The summed E-state index contributed by atoms with van der Waals surface area (Å²) in [4.78, 5) is 17.8. The molecule has 0 saturated heterocycles. The van der Waals surface area contributed by atoms with Gasteiger partial charge in [-0.2, -0.15) is 22.9 Å². The van der Waals surface area contributed by atoms with Gasteiger partial charge in [-0.25, -0.2) is 4.98 Å². The largest absolute Gasteiger partial charge is 0.493 e. The number of hydrogen-bond acceptors (Lipinski definition) is 5. The summed E-state index contributed by atoms with van der Waals surface area (Å²) in [5.41, 5.74) is -0.586. The second-order valence-corrected chi connectivity index (χ2v) is 9.36. The van der Waals surface area contributed by atoms with Crippen LogP contribution in [-0.2, 0) is 6.18 Å². The molecule has 0 aliphatic rings. The van der Waals surface area contributed by atoms with E-state index in [1.165, 1.54) is 25.5 Å². The van der Waals surface area contributed by atoms with E-state index >= 15 is 0 Å². The maximum atomic E-state index is 13.4. The van der Waals surface area contributed by atoms with Gasteiger partial charge in [0.15, 0.2) is 17.3 Å². The predicted molar refractivity (Wildman–Crippen MR) is 141 cm³/mol. The second-order valence-electron chi connectivity index (χ2n) is 8.18. The smallest absolute Gasteiger partial charge is 0.416 e. The summed E-state index contributed by atoms with van der Waals surface area (Å²) in [6.45, 7) is 3.68. The highest BCUT2D eigenvalue weighted by Crippen LogP contribution is 2.42. The van der Waals surface area contributed by atoms with E-state index < -0.39 is 17.3 Å². The Morgan fingerprint density at radius 2 is 1.86 bits per heavy atom. The molecular formula is C26H20BrClF3N3O3. The Hall–Kier alpha value is -3.37. The molecule has 0 saturated carbocycles. The van der Waals surface area contributed by atoms with E-state index in [0.29, 0.717) is 27.1 Å². The molecule has 1 aromatic heterocycles. The van der Waals surface area contributed by atoms with Crippen LogP contribution in [-0.4, -0.2) is 29.1 Å².